The zero-order chi connectivity index (χ0) is 26.8. The lowest BCUT2D eigenvalue weighted by molar-refractivity contribution is -0.149. The Hall–Kier alpha value is -2.83. The first-order valence-electron chi connectivity index (χ1n) is 11.3. The molecule has 0 spiro atoms. The predicted octanol–water partition coefficient (Wildman–Crippen LogP) is 5.03. The molecule has 1 fully saturated rings. The van der Waals surface area contributed by atoms with E-state index in [1.807, 2.05) is 61.5 Å². The molecule has 37 heavy (non-hydrogen) atoms. The maximum atomic E-state index is 13.8. The van der Waals surface area contributed by atoms with E-state index in [0.29, 0.717) is 20.1 Å². The van der Waals surface area contributed by atoms with Crippen LogP contribution in [0.5, 0.6) is 0 Å². The van der Waals surface area contributed by atoms with Crippen LogP contribution < -0.4 is 0 Å². The molecular weight excluding hydrogens is 526 g/mol. The summed E-state index contributed by atoms with van der Waals surface area (Å²) >= 11 is 0. The Morgan fingerprint density at radius 1 is 0.946 bits per heavy atom. The number of rotatable bonds is 8. The molecule has 1 N–H and O–H groups in total. The molecule has 1 saturated heterocycles. The van der Waals surface area contributed by atoms with Crippen molar-refractivity contribution < 1.29 is 40.8 Å². The molecule has 0 radical (unpaired) electrons. The summed E-state index contributed by atoms with van der Waals surface area (Å²) in [6, 6.07) is 23.8. The van der Waals surface area contributed by atoms with Gasteiger partial charge in [-0.3, -0.25) is 4.55 Å². The Balaban J connectivity index is 1.60. The van der Waals surface area contributed by atoms with Crippen LogP contribution in [0.25, 0.3) is 0 Å². The molecule has 7 nitrogen and oxygen atoms in total. The molecule has 11 heteroatoms. The molecule has 0 amide bonds. The topological polar surface area (TPSA) is 99.1 Å². The van der Waals surface area contributed by atoms with Gasteiger partial charge in [-0.1, -0.05) is 18.2 Å². The van der Waals surface area contributed by atoms with Crippen LogP contribution in [-0.4, -0.2) is 43.5 Å². The van der Waals surface area contributed by atoms with E-state index >= 15 is 0 Å². The van der Waals surface area contributed by atoms with Crippen molar-refractivity contribution in [2.24, 2.45) is 0 Å². The smallest absolute Gasteiger partial charge is 0.405 e. The van der Waals surface area contributed by atoms with Gasteiger partial charge in [0.25, 0.3) is 0 Å². The lowest BCUT2D eigenvalue weighted by atomic mass is 10.1. The number of carbonyl (C=O) groups excluding carboxylic acids is 1. The van der Waals surface area contributed by atoms with E-state index in [9.17, 15) is 22.0 Å². The molecule has 0 aromatic heterocycles. The van der Waals surface area contributed by atoms with Gasteiger partial charge < -0.3 is 14.2 Å². The van der Waals surface area contributed by atoms with Crippen LogP contribution in [0.2, 0.25) is 0 Å². The molecule has 0 aliphatic carbocycles. The van der Waals surface area contributed by atoms with Gasteiger partial charge in [0.1, 0.15) is 0 Å². The van der Waals surface area contributed by atoms with Crippen LogP contribution in [0.4, 0.5) is 8.78 Å². The average molecular weight is 552 g/mol. The van der Waals surface area contributed by atoms with Gasteiger partial charge in [-0.2, -0.15) is 17.2 Å². The second-order valence-corrected chi connectivity index (χ2v) is 11.9. The molecule has 3 aromatic carbocycles. The number of ether oxygens (including phenoxy) is 3. The van der Waals surface area contributed by atoms with Crippen LogP contribution in [0, 0.1) is 0 Å². The van der Waals surface area contributed by atoms with Crippen molar-refractivity contribution in [1.29, 1.82) is 0 Å². The lowest BCUT2D eigenvalue weighted by Gasteiger charge is -2.22. The van der Waals surface area contributed by atoms with E-state index < -0.39 is 44.1 Å². The highest BCUT2D eigenvalue weighted by Gasteiger charge is 2.52. The number of esters is 1. The quantitative estimate of drug-likeness (QED) is 0.238. The van der Waals surface area contributed by atoms with E-state index in [1.54, 1.807) is 12.1 Å². The Morgan fingerprint density at radius 2 is 1.43 bits per heavy atom. The second-order valence-electron chi connectivity index (χ2n) is 8.40. The fourth-order valence-corrected chi connectivity index (χ4v) is 6.30. The highest BCUT2D eigenvalue weighted by atomic mass is 32.2. The molecule has 4 rings (SSSR count). The van der Waals surface area contributed by atoms with Crippen molar-refractivity contribution in [2.45, 2.75) is 45.7 Å². The number of halogens is 2. The maximum Gasteiger partial charge on any atom is 0.405 e. The summed E-state index contributed by atoms with van der Waals surface area (Å²) in [5, 5.41) is -4.64. The fourth-order valence-electron chi connectivity index (χ4n) is 3.77. The summed E-state index contributed by atoms with van der Waals surface area (Å²) in [7, 11) is -6.31. The third-order valence-corrected chi connectivity index (χ3v) is 9.11. The highest BCUT2D eigenvalue weighted by molar-refractivity contribution is 7.97. The van der Waals surface area contributed by atoms with Crippen LogP contribution in [0.15, 0.2) is 93.5 Å². The minimum atomic E-state index is -5.75. The summed E-state index contributed by atoms with van der Waals surface area (Å²) < 4.78 is 74.2. The van der Waals surface area contributed by atoms with E-state index in [2.05, 4.69) is 4.74 Å². The van der Waals surface area contributed by atoms with Gasteiger partial charge in [-0.05, 0) is 74.5 Å². The number of carbonyl (C=O) groups is 1. The molecule has 196 valence electrons. The van der Waals surface area contributed by atoms with E-state index in [4.69, 9.17) is 14.0 Å². The van der Waals surface area contributed by atoms with Gasteiger partial charge in [-0.15, -0.1) is 0 Å². The first-order chi connectivity index (χ1) is 17.4. The van der Waals surface area contributed by atoms with Crippen molar-refractivity contribution in [2.75, 3.05) is 13.2 Å². The first-order valence-corrected chi connectivity index (χ1v) is 13.9. The Kier molecular flexibility index (Phi) is 7.72. The SMILES string of the molecule is CC(OC(=O)c1ccc([S+](c2ccccc2)c2ccc(C3(C)OCCO3)cc2)cc1)C(F)(F)S(=O)(=O)O. The minimum absolute atomic E-state index is 0.0443. The van der Waals surface area contributed by atoms with Crippen molar-refractivity contribution in [1.82, 2.24) is 0 Å². The number of alkyl halides is 2. The van der Waals surface area contributed by atoms with Crippen molar-refractivity contribution in [3.05, 3.63) is 90.0 Å². The number of hydrogen-bond acceptors (Lipinski definition) is 6. The van der Waals surface area contributed by atoms with Gasteiger partial charge in [-0.25, -0.2) is 4.79 Å². The zero-order valence-electron chi connectivity index (χ0n) is 20.0. The van der Waals surface area contributed by atoms with Gasteiger partial charge in [0.15, 0.2) is 26.6 Å². The highest BCUT2D eigenvalue weighted by Crippen LogP contribution is 2.35. The van der Waals surface area contributed by atoms with E-state index in [-0.39, 0.29) is 5.56 Å². The first kappa shape index (κ1) is 27.2. The second kappa shape index (κ2) is 10.5. The van der Waals surface area contributed by atoms with Crippen LogP contribution in [0.1, 0.15) is 29.8 Å². The molecule has 0 bridgehead atoms. The molecule has 2 atom stereocenters. The van der Waals surface area contributed by atoms with Crippen LogP contribution in [-0.2, 0) is 41.0 Å². The average Bonchev–Trinajstić information content (AvgIpc) is 3.32. The molecular formula is C26H25F2O7S2+. The van der Waals surface area contributed by atoms with Gasteiger partial charge in [0, 0.05) is 5.56 Å². The summed E-state index contributed by atoms with van der Waals surface area (Å²) in [6.07, 6.45) is -2.39. The standard InChI is InChI=1S/C26H24F2O7S2/c1-18(26(27,28)37(30,31)32)35-24(29)19-8-12-22(13-9-19)36(21-6-4-3-5-7-21)23-14-10-20(11-15-23)25(2)33-16-17-34-25/h3-15,18H,16-17H2,1-2H3/p+1. The molecule has 1 heterocycles. The van der Waals surface area contributed by atoms with Gasteiger partial charge in [0.05, 0.1) is 29.7 Å². The molecule has 0 saturated carbocycles. The Bertz CT molecular complexity index is 1340. The molecule has 1 aliphatic rings. The Labute approximate surface area is 216 Å². The van der Waals surface area contributed by atoms with Gasteiger partial charge in [0.2, 0.25) is 0 Å². The monoisotopic (exact) mass is 551 g/mol. The van der Waals surface area contributed by atoms with Gasteiger partial charge >= 0.3 is 21.3 Å². The Morgan fingerprint density at radius 3 is 1.95 bits per heavy atom. The summed E-state index contributed by atoms with van der Waals surface area (Å²) in [4.78, 5) is 15.3. The molecule has 2 unspecified atom stereocenters. The summed E-state index contributed by atoms with van der Waals surface area (Å²) in [5.74, 6) is -1.94. The normalized spacial score (nSPS) is 17.2. The van der Waals surface area contributed by atoms with Crippen molar-refractivity contribution in [3.63, 3.8) is 0 Å². The summed E-state index contributed by atoms with van der Waals surface area (Å²) in [5.41, 5.74) is 0.844. The number of benzene rings is 3. The summed E-state index contributed by atoms with van der Waals surface area (Å²) in [6.45, 7) is 3.61. The van der Waals surface area contributed by atoms with Crippen LogP contribution >= 0.6 is 0 Å². The third kappa shape index (κ3) is 5.70. The van der Waals surface area contributed by atoms with Crippen molar-refractivity contribution >= 4 is 27.0 Å². The lowest BCUT2D eigenvalue weighted by Crippen LogP contribution is -2.42. The van der Waals surface area contributed by atoms with Crippen molar-refractivity contribution in [3.8, 4) is 0 Å². The largest absolute Gasteiger partial charge is 0.451 e. The fraction of sp³-hybridized carbons (Fsp3) is 0.269. The van der Waals surface area contributed by atoms with Crippen LogP contribution in [0.3, 0.4) is 0 Å². The predicted molar refractivity (Wildman–Crippen MR) is 132 cm³/mol. The third-order valence-electron chi connectivity index (χ3n) is 5.86. The zero-order valence-corrected chi connectivity index (χ0v) is 21.6. The molecule has 1 aliphatic heterocycles. The molecule has 3 aromatic rings. The minimum Gasteiger partial charge on any atom is -0.451 e. The maximum absolute atomic E-state index is 13.8. The van der Waals surface area contributed by atoms with E-state index in [0.717, 1.165) is 20.2 Å². The van der Waals surface area contributed by atoms with E-state index in [1.165, 1.54) is 12.1 Å². The number of hydrogen-bond donors (Lipinski definition) is 1.